The summed E-state index contributed by atoms with van der Waals surface area (Å²) in [5.74, 6) is 0.859. The molecule has 100 valence electrons. The molecule has 0 fully saturated rings. The quantitative estimate of drug-likeness (QED) is 0.763. The summed E-state index contributed by atoms with van der Waals surface area (Å²) < 4.78 is 0. The smallest absolute Gasteiger partial charge is 0.159 e. The van der Waals surface area contributed by atoms with E-state index in [2.05, 4.69) is 27.7 Å². The Morgan fingerprint density at radius 3 is 2.39 bits per heavy atom. The summed E-state index contributed by atoms with van der Waals surface area (Å²) in [7, 11) is 0. The molecule has 0 heterocycles. The summed E-state index contributed by atoms with van der Waals surface area (Å²) >= 11 is 0. The molecule has 0 saturated heterocycles. The molecule has 2 aliphatic carbocycles. The van der Waals surface area contributed by atoms with Crippen LogP contribution in [0.5, 0.6) is 0 Å². The van der Waals surface area contributed by atoms with E-state index >= 15 is 0 Å². The zero-order valence-electron chi connectivity index (χ0n) is 12.2. The van der Waals surface area contributed by atoms with Crippen molar-refractivity contribution in [3.8, 4) is 0 Å². The Labute approximate surface area is 110 Å². The van der Waals surface area contributed by atoms with Crippen molar-refractivity contribution in [3.05, 3.63) is 11.1 Å². The number of ketones is 2. The fourth-order valence-electron chi connectivity index (χ4n) is 3.66. The first-order valence-corrected chi connectivity index (χ1v) is 6.91. The number of allylic oxidation sites excluding steroid dienone is 2. The molecule has 0 aromatic rings. The standard InChI is InChI=1S/C16H24O2/c1-10(17)6-7-11-14-12(16(11,4)5)8-15(2,3)9-13(14)18/h11H,6-9H2,1-5H3. The maximum atomic E-state index is 12.3. The van der Waals surface area contributed by atoms with Crippen molar-refractivity contribution in [3.63, 3.8) is 0 Å². The summed E-state index contributed by atoms with van der Waals surface area (Å²) in [4.78, 5) is 23.4. The molecule has 0 bridgehead atoms. The summed E-state index contributed by atoms with van der Waals surface area (Å²) in [6, 6.07) is 0. The lowest BCUT2D eigenvalue weighted by atomic mass is 9.50. The normalized spacial score (nSPS) is 28.7. The highest BCUT2D eigenvalue weighted by Crippen LogP contribution is 2.60. The summed E-state index contributed by atoms with van der Waals surface area (Å²) in [6.07, 6.45) is 3.14. The zero-order valence-corrected chi connectivity index (χ0v) is 12.2. The largest absolute Gasteiger partial charge is 0.300 e. The van der Waals surface area contributed by atoms with Gasteiger partial charge in [-0.2, -0.15) is 0 Å². The van der Waals surface area contributed by atoms with Gasteiger partial charge < -0.3 is 4.79 Å². The van der Waals surface area contributed by atoms with Crippen LogP contribution in [0.15, 0.2) is 11.1 Å². The maximum absolute atomic E-state index is 12.3. The van der Waals surface area contributed by atoms with Crippen molar-refractivity contribution < 1.29 is 9.59 Å². The summed E-state index contributed by atoms with van der Waals surface area (Å²) in [5.41, 5.74) is 2.65. The second-order valence-corrected chi connectivity index (χ2v) is 7.35. The molecule has 0 amide bonds. The van der Waals surface area contributed by atoms with Crippen LogP contribution in [0.2, 0.25) is 0 Å². The molecule has 0 N–H and O–H groups in total. The number of hydrogen-bond acceptors (Lipinski definition) is 2. The Bertz CT molecular complexity index is 438. The van der Waals surface area contributed by atoms with Gasteiger partial charge in [0.05, 0.1) is 0 Å². The molecule has 0 aromatic heterocycles. The Hall–Kier alpha value is -0.920. The topological polar surface area (TPSA) is 34.1 Å². The fourth-order valence-corrected chi connectivity index (χ4v) is 3.66. The first kappa shape index (κ1) is 13.5. The molecule has 2 aliphatic rings. The Kier molecular flexibility index (Phi) is 3.03. The molecule has 0 aromatic carbocycles. The number of hydrogen-bond donors (Lipinski definition) is 0. The molecular weight excluding hydrogens is 224 g/mol. The monoisotopic (exact) mass is 248 g/mol. The Morgan fingerprint density at radius 1 is 1.22 bits per heavy atom. The van der Waals surface area contributed by atoms with Gasteiger partial charge in [-0.05, 0) is 42.1 Å². The fraction of sp³-hybridized carbons (Fsp3) is 0.750. The highest BCUT2D eigenvalue weighted by Gasteiger charge is 2.52. The van der Waals surface area contributed by atoms with Gasteiger partial charge in [-0.25, -0.2) is 0 Å². The van der Waals surface area contributed by atoms with Crippen molar-refractivity contribution >= 4 is 11.6 Å². The Balaban J connectivity index is 2.25. The molecule has 0 radical (unpaired) electrons. The Morgan fingerprint density at radius 2 is 1.83 bits per heavy atom. The van der Waals surface area contributed by atoms with Crippen LogP contribution in [-0.2, 0) is 9.59 Å². The van der Waals surface area contributed by atoms with E-state index in [0.717, 1.165) is 18.4 Å². The minimum Gasteiger partial charge on any atom is -0.300 e. The maximum Gasteiger partial charge on any atom is 0.159 e. The predicted octanol–water partition coefficient (Wildman–Crippen LogP) is 3.70. The third-order valence-corrected chi connectivity index (χ3v) is 4.70. The first-order valence-electron chi connectivity index (χ1n) is 6.91. The van der Waals surface area contributed by atoms with E-state index in [1.807, 2.05) is 0 Å². The van der Waals surface area contributed by atoms with Crippen LogP contribution >= 0.6 is 0 Å². The summed E-state index contributed by atoms with van der Waals surface area (Å²) in [6.45, 7) is 10.4. The van der Waals surface area contributed by atoms with Crippen LogP contribution in [0.25, 0.3) is 0 Å². The zero-order chi connectivity index (χ0) is 13.7. The van der Waals surface area contributed by atoms with Crippen LogP contribution < -0.4 is 0 Å². The van der Waals surface area contributed by atoms with Gasteiger partial charge in [-0.1, -0.05) is 33.3 Å². The van der Waals surface area contributed by atoms with Crippen molar-refractivity contribution in [2.45, 2.75) is 60.3 Å². The third-order valence-electron chi connectivity index (χ3n) is 4.70. The highest BCUT2D eigenvalue weighted by atomic mass is 16.1. The number of carbonyl (C=O) groups excluding carboxylic acids is 2. The third kappa shape index (κ3) is 2.06. The van der Waals surface area contributed by atoms with E-state index in [1.165, 1.54) is 5.57 Å². The van der Waals surface area contributed by atoms with Gasteiger partial charge in [0, 0.05) is 12.8 Å². The van der Waals surface area contributed by atoms with Crippen molar-refractivity contribution in [1.82, 2.24) is 0 Å². The minimum atomic E-state index is 0.109. The SMILES string of the molecule is CC(=O)CCC1C2=C(CC(C)(C)CC2=O)C1(C)C. The molecule has 1 atom stereocenters. The van der Waals surface area contributed by atoms with E-state index < -0.39 is 0 Å². The van der Waals surface area contributed by atoms with Gasteiger partial charge >= 0.3 is 0 Å². The lowest BCUT2D eigenvalue weighted by Crippen LogP contribution is -2.47. The second kappa shape index (κ2) is 4.04. The number of carbonyl (C=O) groups is 2. The molecule has 2 nitrogen and oxygen atoms in total. The lowest BCUT2D eigenvalue weighted by Gasteiger charge is -2.53. The molecule has 0 spiro atoms. The number of rotatable bonds is 3. The molecule has 0 saturated carbocycles. The molecule has 0 aliphatic heterocycles. The highest BCUT2D eigenvalue weighted by molar-refractivity contribution is 6.00. The van der Waals surface area contributed by atoms with Gasteiger partial charge in [0.2, 0.25) is 0 Å². The van der Waals surface area contributed by atoms with Crippen molar-refractivity contribution in [2.24, 2.45) is 16.7 Å². The van der Waals surface area contributed by atoms with E-state index in [9.17, 15) is 9.59 Å². The van der Waals surface area contributed by atoms with E-state index in [0.29, 0.717) is 24.5 Å². The van der Waals surface area contributed by atoms with Crippen molar-refractivity contribution in [1.29, 1.82) is 0 Å². The van der Waals surface area contributed by atoms with Crippen LogP contribution in [0.4, 0.5) is 0 Å². The van der Waals surface area contributed by atoms with E-state index in [4.69, 9.17) is 0 Å². The van der Waals surface area contributed by atoms with Gasteiger partial charge in [-0.15, -0.1) is 0 Å². The molecule has 2 rings (SSSR count). The molecular formula is C16H24O2. The van der Waals surface area contributed by atoms with Crippen LogP contribution in [0, 0.1) is 16.7 Å². The summed E-state index contributed by atoms with van der Waals surface area (Å²) in [5, 5.41) is 0. The second-order valence-electron chi connectivity index (χ2n) is 7.35. The van der Waals surface area contributed by atoms with Crippen LogP contribution in [0.3, 0.4) is 0 Å². The van der Waals surface area contributed by atoms with Gasteiger partial charge in [-0.3, -0.25) is 4.79 Å². The molecule has 1 unspecified atom stereocenters. The van der Waals surface area contributed by atoms with Crippen molar-refractivity contribution in [2.75, 3.05) is 0 Å². The van der Waals surface area contributed by atoms with Gasteiger partial charge in [0.15, 0.2) is 5.78 Å². The average Bonchev–Trinajstić information content (AvgIpc) is 2.18. The average molecular weight is 248 g/mol. The van der Waals surface area contributed by atoms with Crippen LogP contribution in [0.1, 0.15) is 60.3 Å². The number of Topliss-reactive ketones (excluding diaryl/α,β-unsaturated/α-hetero) is 2. The van der Waals surface area contributed by atoms with E-state index in [-0.39, 0.29) is 16.6 Å². The minimum absolute atomic E-state index is 0.109. The van der Waals surface area contributed by atoms with E-state index in [1.54, 1.807) is 6.92 Å². The first-order chi connectivity index (χ1) is 8.15. The van der Waals surface area contributed by atoms with Gasteiger partial charge in [0.1, 0.15) is 5.78 Å². The van der Waals surface area contributed by atoms with Gasteiger partial charge in [0.25, 0.3) is 0 Å². The van der Waals surface area contributed by atoms with Crippen LogP contribution in [-0.4, -0.2) is 11.6 Å². The lowest BCUT2D eigenvalue weighted by molar-refractivity contribution is -0.122. The predicted molar refractivity (Wildman–Crippen MR) is 72.2 cm³/mol. The molecule has 2 heteroatoms. The molecule has 18 heavy (non-hydrogen) atoms.